The molecule has 1 aliphatic carbocycles. The Morgan fingerprint density at radius 3 is 3.07 bits per heavy atom. The van der Waals surface area contributed by atoms with Crippen molar-refractivity contribution in [3.63, 3.8) is 0 Å². The minimum atomic E-state index is 0.583. The Morgan fingerprint density at radius 2 is 2.33 bits per heavy atom. The number of thiophene rings is 1. The van der Waals surface area contributed by atoms with Gasteiger partial charge in [-0.3, -0.25) is 0 Å². The first-order valence-electron chi connectivity index (χ1n) is 6.01. The second-order valence-electron chi connectivity index (χ2n) is 4.93. The molecule has 0 saturated heterocycles. The maximum absolute atomic E-state index is 3.53. The van der Waals surface area contributed by atoms with Crippen LogP contribution in [0.2, 0.25) is 0 Å². The summed E-state index contributed by atoms with van der Waals surface area (Å²) in [5.74, 6) is 0.781. The van der Waals surface area contributed by atoms with E-state index in [4.69, 9.17) is 0 Å². The first kappa shape index (κ1) is 11.2. The SMILES string of the molecule is CC(C)NCc1csc2c1C(C)CCC2. The Bertz CT molecular complexity index is 327. The van der Waals surface area contributed by atoms with Gasteiger partial charge in [-0.05, 0) is 41.7 Å². The highest BCUT2D eigenvalue weighted by molar-refractivity contribution is 7.10. The Morgan fingerprint density at radius 1 is 1.53 bits per heavy atom. The van der Waals surface area contributed by atoms with Crippen molar-refractivity contribution in [1.82, 2.24) is 5.32 Å². The highest BCUT2D eigenvalue weighted by Crippen LogP contribution is 2.37. The molecule has 84 valence electrons. The Hall–Kier alpha value is -0.340. The van der Waals surface area contributed by atoms with Gasteiger partial charge in [-0.1, -0.05) is 20.8 Å². The molecular weight excluding hydrogens is 202 g/mol. The van der Waals surface area contributed by atoms with Crippen molar-refractivity contribution in [2.24, 2.45) is 0 Å². The molecule has 0 bridgehead atoms. The monoisotopic (exact) mass is 223 g/mol. The standard InChI is InChI=1S/C13H21NS/c1-9(2)14-7-11-8-15-12-6-4-5-10(3)13(11)12/h8-10,14H,4-7H2,1-3H3. The lowest BCUT2D eigenvalue weighted by Crippen LogP contribution is -2.22. The molecule has 1 aromatic rings. The van der Waals surface area contributed by atoms with Gasteiger partial charge in [0, 0.05) is 17.5 Å². The average Bonchev–Trinajstić information content (AvgIpc) is 2.59. The Kier molecular flexibility index (Phi) is 3.47. The van der Waals surface area contributed by atoms with Gasteiger partial charge in [0.05, 0.1) is 0 Å². The molecular formula is C13H21NS. The smallest absolute Gasteiger partial charge is 0.0219 e. The van der Waals surface area contributed by atoms with Gasteiger partial charge in [-0.25, -0.2) is 0 Å². The first-order valence-corrected chi connectivity index (χ1v) is 6.89. The molecule has 0 radical (unpaired) electrons. The summed E-state index contributed by atoms with van der Waals surface area (Å²) in [7, 11) is 0. The third-order valence-corrected chi connectivity index (χ3v) is 4.34. The number of fused-ring (bicyclic) bond motifs is 1. The molecule has 0 aliphatic heterocycles. The van der Waals surface area contributed by atoms with Gasteiger partial charge < -0.3 is 5.32 Å². The molecule has 2 heteroatoms. The van der Waals surface area contributed by atoms with E-state index in [1.165, 1.54) is 19.3 Å². The van der Waals surface area contributed by atoms with Crippen LogP contribution >= 0.6 is 11.3 Å². The van der Waals surface area contributed by atoms with Crippen LogP contribution in [0.25, 0.3) is 0 Å². The van der Waals surface area contributed by atoms with Gasteiger partial charge in [0.25, 0.3) is 0 Å². The maximum Gasteiger partial charge on any atom is 0.0219 e. The largest absolute Gasteiger partial charge is 0.310 e. The van der Waals surface area contributed by atoms with E-state index in [1.807, 2.05) is 11.3 Å². The Labute approximate surface area is 96.9 Å². The summed E-state index contributed by atoms with van der Waals surface area (Å²) in [6.45, 7) is 7.85. The van der Waals surface area contributed by atoms with E-state index in [1.54, 1.807) is 16.0 Å². The maximum atomic E-state index is 3.53. The van der Waals surface area contributed by atoms with Gasteiger partial charge >= 0.3 is 0 Å². The van der Waals surface area contributed by atoms with Crippen molar-refractivity contribution in [1.29, 1.82) is 0 Å². The van der Waals surface area contributed by atoms with Crippen LogP contribution in [0.1, 0.15) is 55.5 Å². The zero-order chi connectivity index (χ0) is 10.8. The van der Waals surface area contributed by atoms with Crippen LogP contribution in [0.4, 0.5) is 0 Å². The summed E-state index contributed by atoms with van der Waals surface area (Å²) in [5.41, 5.74) is 3.22. The summed E-state index contributed by atoms with van der Waals surface area (Å²) in [6.07, 6.45) is 4.07. The third kappa shape index (κ3) is 2.43. The van der Waals surface area contributed by atoms with E-state index in [-0.39, 0.29) is 0 Å². The molecule has 1 atom stereocenters. The van der Waals surface area contributed by atoms with E-state index in [2.05, 4.69) is 31.5 Å². The molecule has 1 heterocycles. The zero-order valence-corrected chi connectivity index (χ0v) is 10.8. The molecule has 1 aliphatic rings. The van der Waals surface area contributed by atoms with Crippen LogP contribution in [0, 0.1) is 0 Å². The lowest BCUT2D eigenvalue weighted by atomic mass is 9.86. The molecule has 0 saturated carbocycles. The number of hydrogen-bond donors (Lipinski definition) is 1. The summed E-state index contributed by atoms with van der Waals surface area (Å²) >= 11 is 1.97. The van der Waals surface area contributed by atoms with Crippen LogP contribution in [0.5, 0.6) is 0 Å². The lowest BCUT2D eigenvalue weighted by molar-refractivity contribution is 0.563. The van der Waals surface area contributed by atoms with Crippen molar-refractivity contribution in [3.8, 4) is 0 Å². The quantitative estimate of drug-likeness (QED) is 0.824. The van der Waals surface area contributed by atoms with Crippen molar-refractivity contribution in [2.45, 2.75) is 58.5 Å². The van der Waals surface area contributed by atoms with E-state index in [9.17, 15) is 0 Å². The molecule has 0 amide bonds. The van der Waals surface area contributed by atoms with E-state index >= 15 is 0 Å². The molecule has 2 rings (SSSR count). The van der Waals surface area contributed by atoms with Gasteiger partial charge in [0.2, 0.25) is 0 Å². The fourth-order valence-electron chi connectivity index (χ4n) is 2.40. The van der Waals surface area contributed by atoms with E-state index in [0.29, 0.717) is 6.04 Å². The Balaban J connectivity index is 2.14. The summed E-state index contributed by atoms with van der Waals surface area (Å²) < 4.78 is 0. The number of nitrogens with one attached hydrogen (secondary N) is 1. The average molecular weight is 223 g/mol. The highest BCUT2D eigenvalue weighted by atomic mass is 32.1. The van der Waals surface area contributed by atoms with Crippen LogP contribution in [-0.4, -0.2) is 6.04 Å². The van der Waals surface area contributed by atoms with Crippen LogP contribution < -0.4 is 5.32 Å². The fraction of sp³-hybridized carbons (Fsp3) is 0.692. The van der Waals surface area contributed by atoms with Gasteiger partial charge in [-0.15, -0.1) is 11.3 Å². The second-order valence-corrected chi connectivity index (χ2v) is 5.89. The summed E-state index contributed by atoms with van der Waals surface area (Å²) in [6, 6.07) is 0.583. The molecule has 15 heavy (non-hydrogen) atoms. The van der Waals surface area contributed by atoms with Crippen LogP contribution in [0.15, 0.2) is 5.38 Å². The van der Waals surface area contributed by atoms with Crippen molar-refractivity contribution >= 4 is 11.3 Å². The highest BCUT2D eigenvalue weighted by Gasteiger charge is 2.21. The molecule has 1 unspecified atom stereocenters. The molecule has 1 nitrogen and oxygen atoms in total. The van der Waals surface area contributed by atoms with E-state index < -0.39 is 0 Å². The lowest BCUT2D eigenvalue weighted by Gasteiger charge is -2.21. The summed E-state index contributed by atoms with van der Waals surface area (Å²) in [5, 5.41) is 5.89. The van der Waals surface area contributed by atoms with Crippen LogP contribution in [-0.2, 0) is 13.0 Å². The molecule has 0 aromatic carbocycles. The normalized spacial score (nSPS) is 20.7. The van der Waals surface area contributed by atoms with E-state index in [0.717, 1.165) is 12.5 Å². The van der Waals surface area contributed by atoms with Gasteiger partial charge in [0.1, 0.15) is 0 Å². The minimum Gasteiger partial charge on any atom is -0.310 e. The number of hydrogen-bond acceptors (Lipinski definition) is 2. The van der Waals surface area contributed by atoms with Gasteiger partial charge in [0.15, 0.2) is 0 Å². The second kappa shape index (κ2) is 4.67. The van der Waals surface area contributed by atoms with Crippen LogP contribution in [0.3, 0.4) is 0 Å². The molecule has 1 N–H and O–H groups in total. The van der Waals surface area contributed by atoms with Crippen molar-refractivity contribution in [2.75, 3.05) is 0 Å². The molecule has 1 aromatic heterocycles. The molecule has 0 spiro atoms. The fourth-order valence-corrected chi connectivity index (χ4v) is 3.61. The first-order chi connectivity index (χ1) is 7.18. The zero-order valence-electron chi connectivity index (χ0n) is 9.97. The molecule has 0 fully saturated rings. The van der Waals surface area contributed by atoms with Crippen molar-refractivity contribution < 1.29 is 0 Å². The third-order valence-electron chi connectivity index (χ3n) is 3.22. The predicted octanol–water partition coefficient (Wildman–Crippen LogP) is 3.69. The number of aryl methyl sites for hydroxylation is 1. The minimum absolute atomic E-state index is 0.583. The number of rotatable bonds is 3. The predicted molar refractivity (Wildman–Crippen MR) is 67.6 cm³/mol. The summed E-state index contributed by atoms with van der Waals surface area (Å²) in [4.78, 5) is 1.65. The topological polar surface area (TPSA) is 12.0 Å². The van der Waals surface area contributed by atoms with Crippen molar-refractivity contribution in [3.05, 3.63) is 21.4 Å². The van der Waals surface area contributed by atoms with Gasteiger partial charge in [-0.2, -0.15) is 0 Å².